The van der Waals surface area contributed by atoms with Crippen molar-refractivity contribution in [2.45, 2.75) is 56.7 Å². The van der Waals surface area contributed by atoms with Gasteiger partial charge in [-0.05, 0) is 25.7 Å². The number of carbonyl (C=O) groups is 2. The molecule has 0 spiro atoms. The maximum Gasteiger partial charge on any atom is 0.395 e. The lowest BCUT2D eigenvalue weighted by molar-refractivity contribution is -0.236. The Morgan fingerprint density at radius 3 is 1.64 bits per heavy atom. The summed E-state index contributed by atoms with van der Waals surface area (Å²) in [5.41, 5.74) is -0.458. The van der Waals surface area contributed by atoms with Crippen LogP contribution in [0.5, 0.6) is 0 Å². The molecule has 25 heavy (non-hydrogen) atoms. The van der Waals surface area contributed by atoms with E-state index in [0.717, 1.165) is 0 Å². The predicted molar refractivity (Wildman–Crippen MR) is 71.1 cm³/mol. The monoisotopic (exact) mass is 374 g/mol. The summed E-state index contributed by atoms with van der Waals surface area (Å²) < 4.78 is 84.6. The van der Waals surface area contributed by atoms with E-state index in [1.807, 2.05) is 0 Å². The highest BCUT2D eigenvalue weighted by atomic mass is 19.4. The van der Waals surface area contributed by atoms with Crippen molar-refractivity contribution in [3.63, 3.8) is 0 Å². The van der Waals surface area contributed by atoms with E-state index in [9.17, 15) is 35.9 Å². The normalized spacial score (nSPS) is 29.2. The van der Waals surface area contributed by atoms with Crippen molar-refractivity contribution in [3.05, 3.63) is 12.2 Å². The van der Waals surface area contributed by atoms with Crippen molar-refractivity contribution in [2.24, 2.45) is 11.8 Å². The van der Waals surface area contributed by atoms with Crippen LogP contribution in [0.15, 0.2) is 12.2 Å². The van der Waals surface area contributed by atoms with Gasteiger partial charge < -0.3 is 9.47 Å². The molecule has 10 heteroatoms. The Balaban J connectivity index is 1.78. The van der Waals surface area contributed by atoms with Crippen LogP contribution in [0.2, 0.25) is 0 Å². The van der Waals surface area contributed by atoms with Gasteiger partial charge in [0.05, 0.1) is 18.3 Å². The molecule has 142 valence electrons. The summed E-state index contributed by atoms with van der Waals surface area (Å²) in [6.07, 6.45) is -12.5. The maximum atomic E-state index is 12.6. The highest BCUT2D eigenvalue weighted by Gasteiger charge is 2.53. The molecule has 2 saturated carbocycles. The molecule has 0 bridgehead atoms. The third-order valence-corrected chi connectivity index (χ3v) is 4.45. The highest BCUT2D eigenvalue weighted by Crippen LogP contribution is 2.44. The van der Waals surface area contributed by atoms with Crippen molar-refractivity contribution < 1.29 is 45.4 Å². The molecular weight excluding hydrogens is 358 g/mol. The molecule has 2 fully saturated rings. The number of alkyl halides is 6. The standard InChI is InChI=1S/C15H16F6O4/c1-7(13(23)25-11-5-3-9(11)15(19,20)21)6-12(22)24-10-4-2-8(10)14(16,17)18/h8-11H,1-6H2. The lowest BCUT2D eigenvalue weighted by Gasteiger charge is -2.37. The second-order valence-corrected chi connectivity index (χ2v) is 6.20. The van der Waals surface area contributed by atoms with Gasteiger partial charge in [0.15, 0.2) is 0 Å². The van der Waals surface area contributed by atoms with Crippen LogP contribution in [0.3, 0.4) is 0 Å². The second kappa shape index (κ2) is 6.87. The average molecular weight is 374 g/mol. The molecule has 4 nitrogen and oxygen atoms in total. The summed E-state index contributed by atoms with van der Waals surface area (Å²) in [5.74, 6) is -5.77. The van der Waals surface area contributed by atoms with Crippen LogP contribution in [-0.2, 0) is 19.1 Å². The average Bonchev–Trinajstić information content (AvgIpc) is 2.35. The molecule has 4 unspecified atom stereocenters. The molecule has 0 aromatic rings. The van der Waals surface area contributed by atoms with Gasteiger partial charge in [0.2, 0.25) is 0 Å². The summed E-state index contributed by atoms with van der Waals surface area (Å²) in [4.78, 5) is 23.3. The van der Waals surface area contributed by atoms with Gasteiger partial charge in [0.1, 0.15) is 12.2 Å². The van der Waals surface area contributed by atoms with E-state index in [0.29, 0.717) is 0 Å². The first-order valence-electron chi connectivity index (χ1n) is 7.61. The zero-order valence-electron chi connectivity index (χ0n) is 13.0. The van der Waals surface area contributed by atoms with Gasteiger partial charge in [0, 0.05) is 5.57 Å². The van der Waals surface area contributed by atoms with Gasteiger partial charge in [-0.2, -0.15) is 26.3 Å². The number of hydrogen-bond acceptors (Lipinski definition) is 4. The van der Waals surface area contributed by atoms with Crippen molar-refractivity contribution >= 4 is 11.9 Å². The lowest BCUT2D eigenvalue weighted by Crippen LogP contribution is -2.45. The van der Waals surface area contributed by atoms with Gasteiger partial charge in [-0.3, -0.25) is 4.79 Å². The fourth-order valence-electron chi connectivity index (χ4n) is 2.65. The number of hydrogen-bond donors (Lipinski definition) is 0. The Hall–Kier alpha value is -1.74. The number of halogens is 6. The molecule has 2 aliphatic rings. The minimum absolute atomic E-state index is 0.0446. The SMILES string of the molecule is C=C(CC(=O)OC1CCC1C(F)(F)F)C(=O)OC1CCC1C(F)(F)F. The largest absolute Gasteiger partial charge is 0.461 e. The van der Waals surface area contributed by atoms with E-state index < -0.39 is 60.3 Å². The first-order valence-corrected chi connectivity index (χ1v) is 7.61. The second-order valence-electron chi connectivity index (χ2n) is 6.20. The van der Waals surface area contributed by atoms with Gasteiger partial charge >= 0.3 is 24.3 Å². The van der Waals surface area contributed by atoms with Crippen molar-refractivity contribution in [1.29, 1.82) is 0 Å². The predicted octanol–water partition coefficient (Wildman–Crippen LogP) is 3.70. The molecule has 0 aliphatic heterocycles. The highest BCUT2D eigenvalue weighted by molar-refractivity contribution is 5.93. The minimum Gasteiger partial charge on any atom is -0.461 e. The number of rotatable bonds is 5. The van der Waals surface area contributed by atoms with E-state index in [1.54, 1.807) is 0 Å². The van der Waals surface area contributed by atoms with Crippen LogP contribution in [0.4, 0.5) is 26.3 Å². The van der Waals surface area contributed by atoms with Gasteiger partial charge in [-0.1, -0.05) is 6.58 Å². The van der Waals surface area contributed by atoms with Crippen LogP contribution >= 0.6 is 0 Å². The van der Waals surface area contributed by atoms with Crippen LogP contribution in [0.25, 0.3) is 0 Å². The lowest BCUT2D eigenvalue weighted by atomic mass is 9.81. The molecule has 0 aromatic heterocycles. The smallest absolute Gasteiger partial charge is 0.395 e. The Morgan fingerprint density at radius 2 is 1.28 bits per heavy atom. The Bertz CT molecular complexity index is 553. The van der Waals surface area contributed by atoms with E-state index in [1.165, 1.54) is 0 Å². The summed E-state index contributed by atoms with van der Waals surface area (Å²) in [6.45, 7) is 3.23. The first kappa shape index (κ1) is 19.6. The van der Waals surface area contributed by atoms with E-state index in [2.05, 4.69) is 16.1 Å². The molecule has 0 radical (unpaired) electrons. The molecule has 0 N–H and O–H groups in total. The topological polar surface area (TPSA) is 52.6 Å². The number of ether oxygens (including phenoxy) is 2. The van der Waals surface area contributed by atoms with Crippen LogP contribution in [0, 0.1) is 11.8 Å². The van der Waals surface area contributed by atoms with Crippen molar-refractivity contribution in [3.8, 4) is 0 Å². The third-order valence-electron chi connectivity index (χ3n) is 4.45. The van der Waals surface area contributed by atoms with Gasteiger partial charge in [-0.15, -0.1) is 0 Å². The van der Waals surface area contributed by atoms with Crippen LogP contribution in [0.1, 0.15) is 32.1 Å². The molecule has 0 amide bonds. The van der Waals surface area contributed by atoms with E-state index >= 15 is 0 Å². The molecule has 2 rings (SSSR count). The molecule has 2 aliphatic carbocycles. The first-order chi connectivity index (χ1) is 11.4. The quantitative estimate of drug-likeness (QED) is 0.418. The number of esters is 2. The van der Waals surface area contributed by atoms with E-state index in [4.69, 9.17) is 0 Å². The fraction of sp³-hybridized carbons (Fsp3) is 0.733. The van der Waals surface area contributed by atoms with Gasteiger partial charge in [0.25, 0.3) is 0 Å². The van der Waals surface area contributed by atoms with Crippen LogP contribution < -0.4 is 0 Å². The molecule has 0 aromatic carbocycles. The zero-order valence-corrected chi connectivity index (χ0v) is 13.0. The summed E-state index contributed by atoms with van der Waals surface area (Å²) in [7, 11) is 0. The van der Waals surface area contributed by atoms with Crippen molar-refractivity contribution in [2.75, 3.05) is 0 Å². The third kappa shape index (κ3) is 4.66. The molecule has 4 atom stereocenters. The fourth-order valence-corrected chi connectivity index (χ4v) is 2.65. The van der Waals surface area contributed by atoms with Gasteiger partial charge in [-0.25, -0.2) is 4.79 Å². The molecule has 0 heterocycles. The summed E-state index contributed by atoms with van der Waals surface area (Å²) in [5, 5.41) is 0. The summed E-state index contributed by atoms with van der Waals surface area (Å²) >= 11 is 0. The zero-order chi connectivity index (χ0) is 19.0. The Labute approximate surface area is 139 Å². The number of carbonyl (C=O) groups excluding carboxylic acids is 2. The molecule has 0 saturated heterocycles. The minimum atomic E-state index is -4.49. The maximum absolute atomic E-state index is 12.6. The van der Waals surface area contributed by atoms with Crippen molar-refractivity contribution in [1.82, 2.24) is 0 Å². The van der Waals surface area contributed by atoms with Crippen LogP contribution in [-0.4, -0.2) is 36.5 Å². The van der Waals surface area contributed by atoms with E-state index in [-0.39, 0.29) is 25.7 Å². The summed E-state index contributed by atoms with van der Waals surface area (Å²) in [6, 6.07) is 0. The Morgan fingerprint density at radius 1 is 0.840 bits per heavy atom. The molecular formula is C15H16F6O4. The Kier molecular flexibility index (Phi) is 5.38.